The number of esters is 2. The Labute approximate surface area is 307 Å². The minimum Gasteiger partial charge on any atom is -0.481 e. The van der Waals surface area contributed by atoms with E-state index in [1.807, 2.05) is 13.8 Å². The maximum Gasteiger partial charge on any atom is 0.311 e. The normalized spacial score (nSPS) is 41.0. The van der Waals surface area contributed by atoms with E-state index in [2.05, 4.69) is 58.3 Å². The van der Waals surface area contributed by atoms with Crippen LogP contribution in [-0.2, 0) is 23.9 Å². The van der Waals surface area contributed by atoms with E-state index in [1.165, 1.54) is 50.5 Å². The highest BCUT2D eigenvalue weighted by atomic mass is 16.5. The Bertz CT molecular complexity index is 1480. The van der Waals surface area contributed by atoms with Crippen LogP contribution in [0.15, 0.2) is 22.4 Å². The molecule has 1 heterocycles. The Hall–Kier alpha value is -2.51. The van der Waals surface area contributed by atoms with E-state index in [0.717, 1.165) is 31.4 Å². The Morgan fingerprint density at radius 3 is 2.31 bits per heavy atom. The topological polar surface area (TPSA) is 115 Å². The van der Waals surface area contributed by atoms with Crippen molar-refractivity contribution in [2.45, 2.75) is 158 Å². The Balaban J connectivity index is 1.19. The van der Waals surface area contributed by atoms with Gasteiger partial charge in [0, 0.05) is 18.1 Å². The third kappa shape index (κ3) is 6.55. The summed E-state index contributed by atoms with van der Waals surface area (Å²) in [4.78, 5) is 37.3. The second kappa shape index (κ2) is 13.4. The number of hydrogen-bond acceptors (Lipinski definition) is 7. The molecular weight excluding hydrogens is 640 g/mol. The number of carboxylic acids is 1. The van der Waals surface area contributed by atoms with Gasteiger partial charge in [0.2, 0.25) is 0 Å². The number of aliphatic carboxylic acids is 1. The van der Waals surface area contributed by atoms with Gasteiger partial charge in [-0.05, 0) is 134 Å². The second-order valence-electron chi connectivity index (χ2n) is 20.1. The smallest absolute Gasteiger partial charge is 0.311 e. The lowest BCUT2D eigenvalue weighted by molar-refractivity contribution is -0.251. The van der Waals surface area contributed by atoms with Gasteiger partial charge < -0.3 is 14.6 Å². The van der Waals surface area contributed by atoms with Crippen LogP contribution in [0.4, 0.5) is 0 Å². The molecule has 6 aliphatic rings. The molecule has 0 amide bonds. The van der Waals surface area contributed by atoms with Gasteiger partial charge in [-0.2, -0.15) is 10.2 Å². The SMILES string of the molecule is C=C(C)[C@@H]1CC[C@]2(CCOC(=O)CC3=NN=CC3)CC[C@]3(C)[C@H](CC[C@@H]4[C@@]5(C)CC[C@H](OC(=O)CC(C)(C)CC(=O)O)C(C)(C)[C@@H]5CC[C@]43C)[C@@H]12. The predicted octanol–water partition coefficient (Wildman–Crippen LogP) is 9.60. The summed E-state index contributed by atoms with van der Waals surface area (Å²) in [5.74, 6) is 1.44. The zero-order valence-corrected chi connectivity index (χ0v) is 32.9. The molecule has 1 aliphatic heterocycles. The monoisotopic (exact) mass is 706 g/mol. The maximum atomic E-state index is 13.2. The average molecular weight is 707 g/mol. The van der Waals surface area contributed by atoms with Crippen LogP contribution in [0.2, 0.25) is 0 Å². The molecule has 51 heavy (non-hydrogen) atoms. The summed E-state index contributed by atoms with van der Waals surface area (Å²) in [6.07, 6.45) is 15.0. The molecule has 0 aromatic heterocycles. The molecule has 5 saturated carbocycles. The number of fused-ring (bicyclic) bond motifs is 7. The molecule has 5 fully saturated rings. The van der Waals surface area contributed by atoms with Gasteiger partial charge in [-0.25, -0.2) is 0 Å². The summed E-state index contributed by atoms with van der Waals surface area (Å²) >= 11 is 0. The number of ether oxygens (including phenoxy) is 2. The summed E-state index contributed by atoms with van der Waals surface area (Å²) < 4.78 is 12.2. The van der Waals surface area contributed by atoms with Gasteiger partial charge in [0.1, 0.15) is 6.10 Å². The van der Waals surface area contributed by atoms with Crippen molar-refractivity contribution in [3.8, 4) is 0 Å². The quantitative estimate of drug-likeness (QED) is 0.169. The first kappa shape index (κ1) is 38.2. The van der Waals surface area contributed by atoms with Crippen LogP contribution in [0.3, 0.4) is 0 Å². The van der Waals surface area contributed by atoms with E-state index >= 15 is 0 Å². The lowest BCUT2D eigenvalue weighted by Crippen LogP contribution is -2.66. The van der Waals surface area contributed by atoms with Crippen LogP contribution in [0, 0.1) is 62.1 Å². The summed E-state index contributed by atoms with van der Waals surface area (Å²) in [6.45, 7) is 23.5. The molecule has 1 N–H and O–H groups in total. The van der Waals surface area contributed by atoms with E-state index in [-0.39, 0.29) is 64.4 Å². The lowest BCUT2D eigenvalue weighted by atomic mass is 9.32. The Morgan fingerprint density at radius 1 is 0.902 bits per heavy atom. The van der Waals surface area contributed by atoms with E-state index in [4.69, 9.17) is 9.47 Å². The first-order valence-electron chi connectivity index (χ1n) is 20.1. The summed E-state index contributed by atoms with van der Waals surface area (Å²) in [5.41, 5.74) is 2.10. The van der Waals surface area contributed by atoms with Gasteiger partial charge in [0.15, 0.2) is 0 Å². The molecule has 0 saturated heterocycles. The van der Waals surface area contributed by atoms with Gasteiger partial charge in [-0.15, -0.1) is 0 Å². The first-order valence-corrected chi connectivity index (χ1v) is 20.1. The minimum atomic E-state index is -0.885. The minimum absolute atomic E-state index is 0.0495. The summed E-state index contributed by atoms with van der Waals surface area (Å²) in [6, 6.07) is 0. The fourth-order valence-corrected chi connectivity index (χ4v) is 14.0. The van der Waals surface area contributed by atoms with Gasteiger partial charge in [-0.3, -0.25) is 14.4 Å². The molecule has 8 nitrogen and oxygen atoms in total. The van der Waals surface area contributed by atoms with Crippen molar-refractivity contribution in [2.24, 2.45) is 72.3 Å². The number of hydrogen-bond donors (Lipinski definition) is 1. The van der Waals surface area contributed by atoms with E-state index in [1.54, 1.807) is 6.21 Å². The fraction of sp³-hybridized carbons (Fsp3) is 0.837. The first-order chi connectivity index (χ1) is 23.8. The van der Waals surface area contributed by atoms with Crippen molar-refractivity contribution >= 4 is 29.8 Å². The molecule has 6 rings (SSSR count). The highest BCUT2D eigenvalue weighted by Gasteiger charge is 2.71. The van der Waals surface area contributed by atoms with Crippen LogP contribution in [0.5, 0.6) is 0 Å². The lowest BCUT2D eigenvalue weighted by Gasteiger charge is -2.73. The van der Waals surface area contributed by atoms with Crippen LogP contribution < -0.4 is 0 Å². The predicted molar refractivity (Wildman–Crippen MR) is 200 cm³/mol. The van der Waals surface area contributed by atoms with Crippen molar-refractivity contribution in [3.63, 3.8) is 0 Å². The molecule has 0 bridgehead atoms. The van der Waals surface area contributed by atoms with Crippen LogP contribution in [0.25, 0.3) is 0 Å². The number of carboxylic acid groups (broad SMARTS) is 1. The zero-order chi connectivity index (χ0) is 37.2. The number of carbonyl (C=O) groups is 3. The number of carbonyl (C=O) groups excluding carboxylic acids is 2. The average Bonchev–Trinajstić information content (AvgIpc) is 3.66. The zero-order valence-electron chi connectivity index (χ0n) is 32.9. The molecule has 0 aromatic rings. The van der Waals surface area contributed by atoms with Crippen molar-refractivity contribution in [1.29, 1.82) is 0 Å². The van der Waals surface area contributed by atoms with Crippen molar-refractivity contribution in [3.05, 3.63) is 12.2 Å². The van der Waals surface area contributed by atoms with Gasteiger partial charge in [-0.1, -0.05) is 60.6 Å². The Kier molecular flexibility index (Phi) is 10.0. The molecule has 0 unspecified atom stereocenters. The highest BCUT2D eigenvalue weighted by molar-refractivity contribution is 6.06. The summed E-state index contributed by atoms with van der Waals surface area (Å²) in [5, 5.41) is 17.3. The molecule has 0 aromatic carbocycles. The van der Waals surface area contributed by atoms with E-state index in [0.29, 0.717) is 42.6 Å². The fourth-order valence-electron chi connectivity index (χ4n) is 14.0. The maximum absolute atomic E-state index is 13.2. The van der Waals surface area contributed by atoms with Crippen molar-refractivity contribution in [2.75, 3.05) is 6.61 Å². The van der Waals surface area contributed by atoms with Gasteiger partial charge in [0.05, 0.1) is 31.6 Å². The third-order valence-corrected chi connectivity index (χ3v) is 16.5. The molecular formula is C43H66N2O6. The van der Waals surface area contributed by atoms with Gasteiger partial charge in [0.25, 0.3) is 0 Å². The largest absolute Gasteiger partial charge is 0.481 e. The highest BCUT2D eigenvalue weighted by Crippen LogP contribution is 2.78. The van der Waals surface area contributed by atoms with Crippen molar-refractivity contribution in [1.82, 2.24) is 0 Å². The molecule has 10 atom stereocenters. The van der Waals surface area contributed by atoms with Crippen LogP contribution >= 0.6 is 0 Å². The van der Waals surface area contributed by atoms with Gasteiger partial charge >= 0.3 is 17.9 Å². The van der Waals surface area contributed by atoms with Crippen LogP contribution in [-0.4, -0.2) is 47.7 Å². The third-order valence-electron chi connectivity index (χ3n) is 16.5. The van der Waals surface area contributed by atoms with Crippen molar-refractivity contribution < 1.29 is 29.0 Å². The molecule has 0 spiro atoms. The molecule has 284 valence electrons. The molecule has 5 aliphatic carbocycles. The van der Waals surface area contributed by atoms with Crippen LogP contribution in [0.1, 0.15) is 152 Å². The molecule has 8 heteroatoms. The number of rotatable bonds is 11. The summed E-state index contributed by atoms with van der Waals surface area (Å²) in [7, 11) is 0. The van der Waals surface area contributed by atoms with E-state index < -0.39 is 11.4 Å². The van der Waals surface area contributed by atoms with E-state index in [9.17, 15) is 19.5 Å². The molecule has 0 radical (unpaired) electrons. The number of nitrogens with zero attached hydrogens (tertiary/aromatic N) is 2. The number of allylic oxidation sites excluding steroid dienone is 1. The standard InChI is InChI=1S/C43H66N2O6/c1-27(2)29-12-18-43(21-23-50-35(48)24-28-15-22-44-45-28)20-19-41(8)30(37(29)43)10-11-32-40(7)16-14-33(39(5,6)31(40)13-17-42(32,41)9)51-36(49)26-38(3,4)25-34(46)47/h22,29-33,37H,1,10-21,23-26H2,2-9H3,(H,46,47)/t29-,30+,31-,32+,33-,37+,40-,41+,42+,43+/m0/s1. The Morgan fingerprint density at radius 2 is 1.65 bits per heavy atom. The second-order valence-corrected chi connectivity index (χ2v) is 20.1.